The lowest BCUT2D eigenvalue weighted by Crippen LogP contribution is -2.32. The molecule has 1 aromatic carbocycles. The summed E-state index contributed by atoms with van der Waals surface area (Å²) in [7, 11) is -3.77. The van der Waals surface area contributed by atoms with Crippen LogP contribution in [-0.2, 0) is 15.8 Å². The number of halogens is 2. The van der Waals surface area contributed by atoms with Gasteiger partial charge in [0.15, 0.2) is 0 Å². The van der Waals surface area contributed by atoms with Gasteiger partial charge in [-0.2, -0.15) is 9.40 Å². The summed E-state index contributed by atoms with van der Waals surface area (Å²) in [6.45, 7) is 0.389. The van der Waals surface area contributed by atoms with E-state index >= 15 is 0 Å². The molecule has 2 heterocycles. The van der Waals surface area contributed by atoms with Crippen LogP contribution >= 0.6 is 0 Å². The van der Waals surface area contributed by atoms with E-state index in [2.05, 4.69) is 10.2 Å². The molecule has 0 saturated carbocycles. The van der Waals surface area contributed by atoms with Crippen LogP contribution < -0.4 is 4.74 Å². The molecule has 1 aromatic heterocycles. The monoisotopic (exact) mass is 355 g/mol. The molecule has 9 heteroatoms. The molecule has 1 fully saturated rings. The SMILES string of the molecule is O=S(=O)(Cc1cc(F)ccc1F)N1CC[C@H](Oc2cccnn2)C1. The van der Waals surface area contributed by atoms with Crippen LogP contribution in [0.2, 0.25) is 0 Å². The number of hydrogen-bond acceptors (Lipinski definition) is 5. The highest BCUT2D eigenvalue weighted by Crippen LogP contribution is 2.22. The lowest BCUT2D eigenvalue weighted by molar-refractivity contribution is 0.204. The highest BCUT2D eigenvalue weighted by atomic mass is 32.2. The number of rotatable bonds is 5. The maximum absolute atomic E-state index is 13.7. The Balaban J connectivity index is 1.67. The van der Waals surface area contributed by atoms with E-state index in [0.717, 1.165) is 18.2 Å². The zero-order chi connectivity index (χ0) is 17.2. The van der Waals surface area contributed by atoms with Crippen molar-refractivity contribution in [2.75, 3.05) is 13.1 Å². The molecule has 0 radical (unpaired) electrons. The van der Waals surface area contributed by atoms with Crippen LogP contribution in [0.5, 0.6) is 5.88 Å². The van der Waals surface area contributed by atoms with Crippen molar-refractivity contribution in [3.8, 4) is 5.88 Å². The Hall–Kier alpha value is -2.13. The molecule has 1 saturated heterocycles. The van der Waals surface area contributed by atoms with E-state index in [9.17, 15) is 17.2 Å². The normalized spacial score (nSPS) is 18.7. The molecule has 24 heavy (non-hydrogen) atoms. The second-order valence-corrected chi connectivity index (χ2v) is 7.41. The van der Waals surface area contributed by atoms with Crippen molar-refractivity contribution < 1.29 is 21.9 Å². The molecule has 128 valence electrons. The second kappa shape index (κ2) is 6.78. The molecular weight excluding hydrogens is 340 g/mol. The Morgan fingerprint density at radius 1 is 1.29 bits per heavy atom. The van der Waals surface area contributed by atoms with Gasteiger partial charge in [0, 0.05) is 24.4 Å². The molecule has 0 bridgehead atoms. The van der Waals surface area contributed by atoms with E-state index in [4.69, 9.17) is 4.74 Å². The first-order chi connectivity index (χ1) is 11.4. The number of ether oxygens (including phenoxy) is 1. The first-order valence-corrected chi connectivity index (χ1v) is 8.91. The van der Waals surface area contributed by atoms with Crippen LogP contribution in [-0.4, -0.2) is 42.1 Å². The Morgan fingerprint density at radius 2 is 2.12 bits per heavy atom. The third kappa shape index (κ3) is 3.85. The lowest BCUT2D eigenvalue weighted by atomic mass is 10.2. The van der Waals surface area contributed by atoms with Gasteiger partial charge in [-0.3, -0.25) is 0 Å². The van der Waals surface area contributed by atoms with Crippen molar-refractivity contribution in [3.63, 3.8) is 0 Å². The van der Waals surface area contributed by atoms with Gasteiger partial charge in [-0.15, -0.1) is 5.10 Å². The minimum atomic E-state index is -3.77. The van der Waals surface area contributed by atoms with Gasteiger partial charge in [-0.05, 0) is 30.7 Å². The van der Waals surface area contributed by atoms with E-state index in [1.54, 1.807) is 12.1 Å². The molecule has 0 N–H and O–H groups in total. The number of benzene rings is 1. The van der Waals surface area contributed by atoms with Crippen molar-refractivity contribution in [1.82, 2.24) is 14.5 Å². The van der Waals surface area contributed by atoms with Crippen LogP contribution in [0, 0.1) is 11.6 Å². The van der Waals surface area contributed by atoms with Crippen LogP contribution in [0.25, 0.3) is 0 Å². The summed E-state index contributed by atoms with van der Waals surface area (Å²) in [5.41, 5.74) is -0.187. The average Bonchev–Trinajstić information content (AvgIpc) is 3.01. The second-order valence-electron chi connectivity index (χ2n) is 5.44. The molecule has 2 aromatic rings. The van der Waals surface area contributed by atoms with Gasteiger partial charge in [-0.1, -0.05) is 0 Å². The van der Waals surface area contributed by atoms with Crippen LogP contribution in [0.15, 0.2) is 36.5 Å². The summed E-state index contributed by atoms with van der Waals surface area (Å²) >= 11 is 0. The number of hydrogen-bond donors (Lipinski definition) is 0. The van der Waals surface area contributed by atoms with Crippen molar-refractivity contribution in [2.45, 2.75) is 18.3 Å². The molecule has 0 aliphatic carbocycles. The minimum Gasteiger partial charge on any atom is -0.472 e. The van der Waals surface area contributed by atoms with E-state index in [1.165, 1.54) is 10.5 Å². The molecule has 1 atom stereocenters. The summed E-state index contributed by atoms with van der Waals surface area (Å²) in [4.78, 5) is 0. The van der Waals surface area contributed by atoms with Gasteiger partial charge >= 0.3 is 0 Å². The predicted molar refractivity (Wildman–Crippen MR) is 81.6 cm³/mol. The van der Waals surface area contributed by atoms with E-state index < -0.39 is 27.4 Å². The quantitative estimate of drug-likeness (QED) is 0.817. The lowest BCUT2D eigenvalue weighted by Gasteiger charge is -2.17. The topological polar surface area (TPSA) is 72.4 Å². The fourth-order valence-corrected chi connectivity index (χ4v) is 4.08. The largest absolute Gasteiger partial charge is 0.472 e. The maximum Gasteiger partial charge on any atom is 0.233 e. The Bertz CT molecular complexity index is 818. The fraction of sp³-hybridized carbons (Fsp3) is 0.333. The Morgan fingerprint density at radius 3 is 2.88 bits per heavy atom. The van der Waals surface area contributed by atoms with Crippen molar-refractivity contribution in [1.29, 1.82) is 0 Å². The Labute approximate surface area is 138 Å². The first-order valence-electron chi connectivity index (χ1n) is 7.30. The van der Waals surface area contributed by atoms with Gasteiger partial charge in [0.2, 0.25) is 15.9 Å². The minimum absolute atomic E-state index is 0.135. The predicted octanol–water partition coefficient (Wildman–Crippen LogP) is 1.74. The third-order valence-corrected chi connectivity index (χ3v) is 5.48. The van der Waals surface area contributed by atoms with Gasteiger partial charge in [-0.25, -0.2) is 17.2 Å². The van der Waals surface area contributed by atoms with Crippen LogP contribution in [0.4, 0.5) is 8.78 Å². The van der Waals surface area contributed by atoms with E-state index in [0.29, 0.717) is 12.3 Å². The fourth-order valence-electron chi connectivity index (χ4n) is 2.51. The van der Waals surface area contributed by atoms with Crippen LogP contribution in [0.1, 0.15) is 12.0 Å². The van der Waals surface area contributed by atoms with Gasteiger partial charge in [0.25, 0.3) is 0 Å². The molecule has 3 rings (SSSR count). The zero-order valence-corrected chi connectivity index (χ0v) is 13.4. The van der Waals surface area contributed by atoms with Gasteiger partial charge in [0.1, 0.15) is 17.7 Å². The highest BCUT2D eigenvalue weighted by molar-refractivity contribution is 7.88. The zero-order valence-electron chi connectivity index (χ0n) is 12.6. The molecule has 1 aliphatic rings. The number of nitrogens with zero attached hydrogens (tertiary/aromatic N) is 3. The molecule has 0 unspecified atom stereocenters. The van der Waals surface area contributed by atoms with Gasteiger partial charge in [0.05, 0.1) is 12.3 Å². The molecule has 0 spiro atoms. The third-order valence-electron chi connectivity index (χ3n) is 3.68. The smallest absolute Gasteiger partial charge is 0.233 e. The molecular formula is C15H15F2N3O3S. The average molecular weight is 355 g/mol. The molecule has 6 nitrogen and oxygen atoms in total. The van der Waals surface area contributed by atoms with Crippen molar-refractivity contribution in [2.24, 2.45) is 0 Å². The number of sulfonamides is 1. The van der Waals surface area contributed by atoms with Gasteiger partial charge < -0.3 is 4.74 Å². The highest BCUT2D eigenvalue weighted by Gasteiger charge is 2.33. The van der Waals surface area contributed by atoms with Crippen molar-refractivity contribution >= 4 is 10.0 Å². The van der Waals surface area contributed by atoms with Crippen LogP contribution in [0.3, 0.4) is 0 Å². The summed E-state index contributed by atoms with van der Waals surface area (Å²) in [5, 5.41) is 7.47. The maximum atomic E-state index is 13.7. The molecule has 0 amide bonds. The summed E-state index contributed by atoms with van der Waals surface area (Å²) in [6.07, 6.45) is 1.64. The number of aromatic nitrogens is 2. The summed E-state index contributed by atoms with van der Waals surface area (Å²) < 4.78 is 58.5. The summed E-state index contributed by atoms with van der Waals surface area (Å²) in [6, 6.07) is 6.07. The van der Waals surface area contributed by atoms with Crippen molar-refractivity contribution in [3.05, 3.63) is 53.7 Å². The van der Waals surface area contributed by atoms with E-state index in [-0.39, 0.29) is 24.8 Å². The molecule has 1 aliphatic heterocycles. The summed E-state index contributed by atoms with van der Waals surface area (Å²) in [5.74, 6) is -1.69. The van der Waals surface area contributed by atoms with E-state index in [1.807, 2.05) is 0 Å². The first kappa shape index (κ1) is 16.7. The standard InChI is InChI=1S/C15H15F2N3O3S/c16-12-3-4-14(17)11(8-12)10-24(21,22)20-7-5-13(9-20)23-15-2-1-6-18-19-15/h1-4,6,8,13H,5,7,9-10H2/t13-/m0/s1. The Kier molecular flexibility index (Phi) is 4.72.